The van der Waals surface area contributed by atoms with Crippen molar-refractivity contribution in [2.75, 3.05) is 0 Å². The maximum absolute atomic E-state index is 12.1. The fourth-order valence-electron chi connectivity index (χ4n) is 2.67. The molecule has 0 aliphatic heterocycles. The zero-order valence-corrected chi connectivity index (χ0v) is 17.3. The molecule has 2 aromatic carbocycles. The Morgan fingerprint density at radius 3 is 2.00 bits per heavy atom. The van der Waals surface area contributed by atoms with E-state index < -0.39 is 20.0 Å². The number of aryl methyl sites for hydroxylation is 1. The van der Waals surface area contributed by atoms with Crippen LogP contribution in [0.15, 0.2) is 58.3 Å². The number of hydrogen-bond acceptors (Lipinski definition) is 5. The van der Waals surface area contributed by atoms with Crippen molar-refractivity contribution in [1.29, 1.82) is 0 Å². The molecule has 1 fully saturated rings. The van der Waals surface area contributed by atoms with Gasteiger partial charge in [0.05, 0.1) is 9.79 Å². The van der Waals surface area contributed by atoms with E-state index in [9.17, 15) is 21.6 Å². The normalized spacial score (nSPS) is 14.5. The largest absolute Gasteiger partial charge is 0.352 e. The Morgan fingerprint density at radius 1 is 0.897 bits per heavy atom. The Labute approximate surface area is 170 Å². The number of primary sulfonamides is 1. The first-order valence-corrected chi connectivity index (χ1v) is 12.2. The predicted molar refractivity (Wildman–Crippen MR) is 108 cm³/mol. The number of hydrogen-bond donors (Lipinski definition) is 3. The molecule has 29 heavy (non-hydrogen) atoms. The Balaban J connectivity index is 1.46. The van der Waals surface area contributed by atoms with Crippen LogP contribution in [-0.4, -0.2) is 28.8 Å². The van der Waals surface area contributed by atoms with Crippen molar-refractivity contribution in [3.05, 3.63) is 59.7 Å². The summed E-state index contributed by atoms with van der Waals surface area (Å²) in [6.45, 7) is 0.272. The Bertz CT molecular complexity index is 1080. The summed E-state index contributed by atoms with van der Waals surface area (Å²) in [5.74, 6) is -0.160. The van der Waals surface area contributed by atoms with E-state index in [1.165, 1.54) is 12.1 Å². The highest BCUT2D eigenvalue weighted by Gasteiger charge is 2.27. The first-order valence-electron chi connectivity index (χ1n) is 9.13. The van der Waals surface area contributed by atoms with Crippen LogP contribution in [-0.2, 0) is 37.8 Å². The van der Waals surface area contributed by atoms with E-state index in [1.807, 2.05) is 0 Å². The smallest absolute Gasteiger partial charge is 0.240 e. The van der Waals surface area contributed by atoms with Gasteiger partial charge in [-0.3, -0.25) is 4.79 Å². The topological polar surface area (TPSA) is 135 Å². The van der Waals surface area contributed by atoms with Gasteiger partial charge in [0, 0.05) is 19.0 Å². The van der Waals surface area contributed by atoms with Gasteiger partial charge in [0.1, 0.15) is 0 Å². The summed E-state index contributed by atoms with van der Waals surface area (Å²) in [4.78, 5) is 12.3. The van der Waals surface area contributed by atoms with Crippen molar-refractivity contribution >= 4 is 26.0 Å². The zero-order chi connectivity index (χ0) is 21.1. The molecule has 0 aromatic heterocycles. The number of benzene rings is 2. The molecule has 1 aliphatic rings. The quantitative estimate of drug-likeness (QED) is 0.538. The molecular weight excluding hydrogens is 414 g/mol. The summed E-state index contributed by atoms with van der Waals surface area (Å²) in [7, 11) is -7.21. The first-order chi connectivity index (χ1) is 13.6. The average Bonchev–Trinajstić information content (AvgIpc) is 3.48. The number of rotatable bonds is 9. The summed E-state index contributed by atoms with van der Waals surface area (Å²) < 4.78 is 49.4. The van der Waals surface area contributed by atoms with Crippen LogP contribution in [0.2, 0.25) is 0 Å². The maximum Gasteiger partial charge on any atom is 0.240 e. The van der Waals surface area contributed by atoms with Crippen molar-refractivity contribution in [1.82, 2.24) is 10.0 Å². The fourth-order valence-corrected chi connectivity index (χ4v) is 4.49. The molecule has 1 saturated carbocycles. The molecule has 1 aliphatic carbocycles. The second-order valence-corrected chi connectivity index (χ2v) is 10.3. The molecule has 3 rings (SSSR count). The third-order valence-electron chi connectivity index (χ3n) is 4.52. The summed E-state index contributed by atoms with van der Waals surface area (Å²) in [6.07, 6.45) is 2.49. The van der Waals surface area contributed by atoms with Gasteiger partial charge in [-0.1, -0.05) is 24.3 Å². The van der Waals surface area contributed by atoms with Crippen molar-refractivity contribution < 1.29 is 21.6 Å². The standard InChI is InChI=1S/C19H23N3O5S2/c20-28(24,25)17-8-3-15(4-9-17)13-21-19(23)12-5-14-1-10-18(11-2-14)29(26,27)22-16-6-7-16/h1-4,8-11,16,22H,5-7,12-13H2,(H,21,23)(H2,20,24,25). The molecule has 10 heteroatoms. The lowest BCUT2D eigenvalue weighted by Crippen LogP contribution is -2.25. The van der Waals surface area contributed by atoms with Gasteiger partial charge >= 0.3 is 0 Å². The number of sulfonamides is 2. The molecule has 0 unspecified atom stereocenters. The third-order valence-corrected chi connectivity index (χ3v) is 6.98. The molecule has 2 aromatic rings. The van der Waals surface area contributed by atoms with E-state index in [1.54, 1.807) is 36.4 Å². The minimum atomic E-state index is -3.73. The monoisotopic (exact) mass is 437 g/mol. The van der Waals surface area contributed by atoms with Crippen LogP contribution in [0.4, 0.5) is 0 Å². The van der Waals surface area contributed by atoms with Crippen LogP contribution >= 0.6 is 0 Å². The molecule has 0 radical (unpaired) electrons. The zero-order valence-electron chi connectivity index (χ0n) is 15.7. The van der Waals surface area contributed by atoms with Gasteiger partial charge in [-0.15, -0.1) is 0 Å². The van der Waals surface area contributed by atoms with Gasteiger partial charge in [0.2, 0.25) is 26.0 Å². The van der Waals surface area contributed by atoms with E-state index >= 15 is 0 Å². The summed E-state index contributed by atoms with van der Waals surface area (Å²) in [6, 6.07) is 12.5. The molecule has 4 N–H and O–H groups in total. The second-order valence-electron chi connectivity index (χ2n) is 7.01. The molecule has 0 bridgehead atoms. The lowest BCUT2D eigenvalue weighted by atomic mass is 10.1. The van der Waals surface area contributed by atoms with E-state index in [4.69, 9.17) is 5.14 Å². The van der Waals surface area contributed by atoms with Gasteiger partial charge in [0.15, 0.2) is 0 Å². The van der Waals surface area contributed by atoms with Gasteiger partial charge in [-0.05, 0) is 54.7 Å². The Kier molecular flexibility index (Phi) is 6.37. The van der Waals surface area contributed by atoms with E-state index in [2.05, 4.69) is 10.0 Å². The van der Waals surface area contributed by atoms with E-state index in [-0.39, 0.29) is 34.7 Å². The molecule has 156 valence electrons. The number of carbonyl (C=O) groups excluding carboxylic acids is 1. The van der Waals surface area contributed by atoms with Crippen molar-refractivity contribution in [2.45, 2.75) is 48.1 Å². The summed E-state index contributed by atoms with van der Waals surface area (Å²) in [5, 5.41) is 7.81. The number of nitrogens with one attached hydrogen (secondary N) is 2. The highest BCUT2D eigenvalue weighted by Crippen LogP contribution is 2.22. The Hall–Kier alpha value is -2.27. The highest BCUT2D eigenvalue weighted by molar-refractivity contribution is 7.89. The molecule has 0 spiro atoms. The summed E-state index contributed by atoms with van der Waals surface area (Å²) in [5.41, 5.74) is 1.62. The van der Waals surface area contributed by atoms with Crippen LogP contribution in [0.3, 0.4) is 0 Å². The molecule has 1 amide bonds. The van der Waals surface area contributed by atoms with Crippen molar-refractivity contribution in [3.63, 3.8) is 0 Å². The predicted octanol–water partition coefficient (Wildman–Crippen LogP) is 1.02. The highest BCUT2D eigenvalue weighted by atomic mass is 32.2. The van der Waals surface area contributed by atoms with E-state index in [0.717, 1.165) is 24.0 Å². The SMILES string of the molecule is NS(=O)(=O)c1ccc(CNC(=O)CCc2ccc(S(=O)(=O)NC3CC3)cc2)cc1. The Morgan fingerprint density at radius 2 is 1.45 bits per heavy atom. The lowest BCUT2D eigenvalue weighted by molar-refractivity contribution is -0.121. The van der Waals surface area contributed by atoms with Gasteiger partial charge in [0.25, 0.3) is 0 Å². The number of nitrogens with two attached hydrogens (primary N) is 1. The minimum absolute atomic E-state index is 0.0189. The second kappa shape index (κ2) is 8.62. The van der Waals surface area contributed by atoms with Crippen LogP contribution in [0.25, 0.3) is 0 Å². The first kappa shape index (κ1) is 21.4. The minimum Gasteiger partial charge on any atom is -0.352 e. The van der Waals surface area contributed by atoms with Crippen molar-refractivity contribution in [2.24, 2.45) is 5.14 Å². The summed E-state index contributed by atoms with van der Waals surface area (Å²) >= 11 is 0. The number of amides is 1. The lowest BCUT2D eigenvalue weighted by Gasteiger charge is -2.08. The van der Waals surface area contributed by atoms with Gasteiger partial charge in [-0.25, -0.2) is 26.7 Å². The average molecular weight is 438 g/mol. The van der Waals surface area contributed by atoms with E-state index in [0.29, 0.717) is 6.42 Å². The third kappa shape index (κ3) is 6.36. The molecule has 0 heterocycles. The number of carbonyl (C=O) groups is 1. The van der Waals surface area contributed by atoms with Crippen molar-refractivity contribution in [3.8, 4) is 0 Å². The van der Waals surface area contributed by atoms with Gasteiger partial charge < -0.3 is 5.32 Å². The molecule has 0 saturated heterocycles. The fraction of sp³-hybridized carbons (Fsp3) is 0.316. The van der Waals surface area contributed by atoms with Crippen LogP contribution in [0.1, 0.15) is 30.4 Å². The van der Waals surface area contributed by atoms with Crippen LogP contribution in [0, 0.1) is 0 Å². The van der Waals surface area contributed by atoms with Crippen LogP contribution in [0.5, 0.6) is 0 Å². The molecular formula is C19H23N3O5S2. The maximum atomic E-state index is 12.1. The van der Waals surface area contributed by atoms with Crippen LogP contribution < -0.4 is 15.2 Å². The van der Waals surface area contributed by atoms with Gasteiger partial charge in [-0.2, -0.15) is 0 Å². The molecule has 0 atom stereocenters. The molecule has 8 nitrogen and oxygen atoms in total.